The molecular formula is C10H16N4O. The van der Waals surface area contributed by atoms with Crippen molar-refractivity contribution in [2.24, 2.45) is 11.8 Å². The predicted octanol–water partition coefficient (Wildman–Crippen LogP) is 0.728. The maximum absolute atomic E-state index is 11.8. The Morgan fingerprint density at radius 3 is 2.80 bits per heavy atom. The Balaban J connectivity index is 1.92. The zero-order valence-electron chi connectivity index (χ0n) is 9.32. The number of aromatic nitrogens is 3. The Hall–Kier alpha value is -1.39. The Morgan fingerprint density at radius 1 is 1.67 bits per heavy atom. The van der Waals surface area contributed by atoms with Crippen LogP contribution in [0.15, 0.2) is 0 Å². The number of aromatic amines is 1. The van der Waals surface area contributed by atoms with Crippen molar-refractivity contribution in [3.05, 3.63) is 11.6 Å². The zero-order chi connectivity index (χ0) is 11.0. The highest BCUT2D eigenvalue weighted by Crippen LogP contribution is 2.39. The normalized spacial score (nSPS) is 23.9. The molecule has 1 heterocycles. The lowest BCUT2D eigenvalue weighted by molar-refractivity contribution is -0.132. The fraction of sp³-hybridized carbons (Fsp3) is 0.700. The molecule has 0 aliphatic heterocycles. The molecule has 1 aromatic heterocycles. The van der Waals surface area contributed by atoms with E-state index in [-0.39, 0.29) is 11.8 Å². The van der Waals surface area contributed by atoms with Gasteiger partial charge in [-0.15, -0.1) is 0 Å². The van der Waals surface area contributed by atoms with Crippen LogP contribution in [0.1, 0.15) is 25.0 Å². The molecule has 2 atom stereocenters. The Bertz CT molecular complexity index is 373. The monoisotopic (exact) mass is 208 g/mol. The average molecular weight is 208 g/mol. The maximum Gasteiger partial charge on any atom is 0.226 e. The van der Waals surface area contributed by atoms with Crippen molar-refractivity contribution >= 4 is 5.91 Å². The molecule has 1 aliphatic rings. The van der Waals surface area contributed by atoms with E-state index in [1.807, 2.05) is 6.92 Å². The summed E-state index contributed by atoms with van der Waals surface area (Å²) in [5.74, 6) is 2.45. The van der Waals surface area contributed by atoms with Gasteiger partial charge in [0.15, 0.2) is 5.82 Å². The smallest absolute Gasteiger partial charge is 0.226 e. The summed E-state index contributed by atoms with van der Waals surface area (Å²) in [6, 6.07) is 0. The van der Waals surface area contributed by atoms with Gasteiger partial charge >= 0.3 is 0 Å². The number of hydrogen-bond donors (Lipinski definition) is 1. The summed E-state index contributed by atoms with van der Waals surface area (Å²) < 4.78 is 0. The molecule has 1 aliphatic carbocycles. The highest BCUT2D eigenvalue weighted by atomic mass is 16.2. The van der Waals surface area contributed by atoms with Crippen LogP contribution in [-0.2, 0) is 11.3 Å². The van der Waals surface area contributed by atoms with Crippen LogP contribution in [-0.4, -0.2) is 33.0 Å². The second-order valence-electron chi connectivity index (χ2n) is 4.35. The third-order valence-electron chi connectivity index (χ3n) is 2.83. The molecule has 2 rings (SSSR count). The number of rotatable bonds is 3. The minimum Gasteiger partial charge on any atom is -0.338 e. The van der Waals surface area contributed by atoms with Gasteiger partial charge < -0.3 is 4.90 Å². The van der Waals surface area contributed by atoms with Crippen molar-refractivity contribution in [2.75, 3.05) is 7.05 Å². The average Bonchev–Trinajstić information content (AvgIpc) is 2.77. The first kappa shape index (κ1) is 10.1. The second kappa shape index (κ2) is 3.64. The number of hydrogen-bond acceptors (Lipinski definition) is 3. The number of nitrogens with zero attached hydrogens (tertiary/aromatic N) is 3. The highest BCUT2D eigenvalue weighted by molar-refractivity contribution is 5.81. The van der Waals surface area contributed by atoms with E-state index < -0.39 is 0 Å². The number of nitrogens with one attached hydrogen (secondary N) is 1. The SMILES string of the molecule is Cc1nc(CN(C)C(=O)[C@H]2C[C@H]2C)n[nH]1. The van der Waals surface area contributed by atoms with Crippen LogP contribution in [0.25, 0.3) is 0 Å². The molecule has 0 aromatic carbocycles. The third-order valence-corrected chi connectivity index (χ3v) is 2.83. The lowest BCUT2D eigenvalue weighted by Gasteiger charge is -2.14. The summed E-state index contributed by atoms with van der Waals surface area (Å²) in [7, 11) is 1.80. The minimum atomic E-state index is 0.213. The molecule has 0 radical (unpaired) electrons. The van der Waals surface area contributed by atoms with Crippen LogP contribution >= 0.6 is 0 Å². The fourth-order valence-electron chi connectivity index (χ4n) is 1.70. The van der Waals surface area contributed by atoms with Gasteiger partial charge in [0.05, 0.1) is 6.54 Å². The number of carbonyl (C=O) groups is 1. The van der Waals surface area contributed by atoms with Gasteiger partial charge in [-0.1, -0.05) is 6.92 Å². The highest BCUT2D eigenvalue weighted by Gasteiger charge is 2.40. The summed E-state index contributed by atoms with van der Waals surface area (Å²) in [6.07, 6.45) is 1.02. The summed E-state index contributed by atoms with van der Waals surface area (Å²) >= 11 is 0. The summed E-state index contributed by atoms with van der Waals surface area (Å²) in [4.78, 5) is 17.7. The molecule has 1 N–H and O–H groups in total. The van der Waals surface area contributed by atoms with E-state index >= 15 is 0 Å². The van der Waals surface area contributed by atoms with E-state index in [0.29, 0.717) is 18.3 Å². The number of H-pyrrole nitrogens is 1. The van der Waals surface area contributed by atoms with Crippen LogP contribution in [0.5, 0.6) is 0 Å². The van der Waals surface area contributed by atoms with Gasteiger partial charge in [0, 0.05) is 13.0 Å². The van der Waals surface area contributed by atoms with Crippen LogP contribution in [0.2, 0.25) is 0 Å². The van der Waals surface area contributed by atoms with Crippen molar-refractivity contribution in [3.63, 3.8) is 0 Å². The standard InChI is InChI=1S/C10H16N4O/c1-6-4-8(6)10(15)14(3)5-9-11-7(2)12-13-9/h6,8H,4-5H2,1-3H3,(H,11,12,13)/t6-,8+/m1/s1. The summed E-state index contributed by atoms with van der Waals surface area (Å²) in [5, 5.41) is 6.77. The molecule has 1 aromatic rings. The van der Waals surface area contributed by atoms with Crippen LogP contribution in [0.4, 0.5) is 0 Å². The van der Waals surface area contributed by atoms with Crippen molar-refractivity contribution in [1.29, 1.82) is 0 Å². The van der Waals surface area contributed by atoms with Crippen LogP contribution in [0.3, 0.4) is 0 Å². The number of amides is 1. The van der Waals surface area contributed by atoms with E-state index in [4.69, 9.17) is 0 Å². The van der Waals surface area contributed by atoms with Gasteiger partial charge in [0.2, 0.25) is 5.91 Å². The fourth-order valence-corrected chi connectivity index (χ4v) is 1.70. The van der Waals surface area contributed by atoms with E-state index in [0.717, 1.165) is 12.2 Å². The van der Waals surface area contributed by atoms with Gasteiger partial charge in [-0.25, -0.2) is 4.98 Å². The van der Waals surface area contributed by atoms with E-state index in [2.05, 4.69) is 22.1 Å². The third kappa shape index (κ3) is 2.16. The molecule has 0 spiro atoms. The molecule has 1 fully saturated rings. The molecule has 0 bridgehead atoms. The summed E-state index contributed by atoms with van der Waals surface area (Å²) in [5.41, 5.74) is 0. The van der Waals surface area contributed by atoms with Crippen molar-refractivity contribution < 1.29 is 4.79 Å². The van der Waals surface area contributed by atoms with Gasteiger partial charge in [0.25, 0.3) is 0 Å². The van der Waals surface area contributed by atoms with Crippen molar-refractivity contribution in [3.8, 4) is 0 Å². The Morgan fingerprint density at radius 2 is 2.33 bits per heavy atom. The first-order valence-electron chi connectivity index (χ1n) is 5.21. The lowest BCUT2D eigenvalue weighted by Crippen LogP contribution is -2.28. The molecule has 1 amide bonds. The largest absolute Gasteiger partial charge is 0.338 e. The predicted molar refractivity (Wildman–Crippen MR) is 54.9 cm³/mol. The number of carbonyl (C=O) groups excluding carboxylic acids is 1. The zero-order valence-corrected chi connectivity index (χ0v) is 9.32. The lowest BCUT2D eigenvalue weighted by atomic mass is 10.3. The van der Waals surface area contributed by atoms with Crippen molar-refractivity contribution in [2.45, 2.75) is 26.8 Å². The molecular weight excluding hydrogens is 192 g/mol. The quantitative estimate of drug-likeness (QED) is 0.796. The second-order valence-corrected chi connectivity index (χ2v) is 4.35. The molecule has 15 heavy (non-hydrogen) atoms. The Kier molecular flexibility index (Phi) is 2.46. The first-order chi connectivity index (χ1) is 7.08. The summed E-state index contributed by atoms with van der Waals surface area (Å²) in [6.45, 7) is 4.45. The molecule has 0 saturated heterocycles. The van der Waals surface area contributed by atoms with Gasteiger partial charge in [0.1, 0.15) is 5.82 Å². The van der Waals surface area contributed by atoms with Gasteiger partial charge in [-0.05, 0) is 19.3 Å². The van der Waals surface area contributed by atoms with Gasteiger partial charge in [-0.3, -0.25) is 9.89 Å². The molecule has 1 saturated carbocycles. The van der Waals surface area contributed by atoms with Gasteiger partial charge in [-0.2, -0.15) is 5.10 Å². The number of aryl methyl sites for hydroxylation is 1. The maximum atomic E-state index is 11.8. The van der Waals surface area contributed by atoms with Crippen molar-refractivity contribution in [1.82, 2.24) is 20.1 Å². The molecule has 5 nitrogen and oxygen atoms in total. The molecule has 82 valence electrons. The van der Waals surface area contributed by atoms with E-state index in [9.17, 15) is 4.79 Å². The van der Waals surface area contributed by atoms with Crippen LogP contribution < -0.4 is 0 Å². The minimum absolute atomic E-state index is 0.213. The Labute approximate surface area is 88.9 Å². The first-order valence-corrected chi connectivity index (χ1v) is 5.21. The molecule has 5 heteroatoms. The topological polar surface area (TPSA) is 61.9 Å². The van der Waals surface area contributed by atoms with Crippen LogP contribution in [0, 0.1) is 18.8 Å². The van der Waals surface area contributed by atoms with E-state index in [1.165, 1.54) is 0 Å². The molecule has 0 unspecified atom stereocenters. The van der Waals surface area contributed by atoms with E-state index in [1.54, 1.807) is 11.9 Å².